The number of carboxylic acids is 1. The summed E-state index contributed by atoms with van der Waals surface area (Å²) in [5, 5.41) is 10.3. The molecule has 1 heterocycles. The van der Waals surface area contributed by atoms with Crippen LogP contribution in [-0.4, -0.2) is 21.6 Å². The molecule has 2 aromatic carbocycles. The number of thiazole rings is 1. The summed E-state index contributed by atoms with van der Waals surface area (Å²) in [5.74, 6) is -1.52. The van der Waals surface area contributed by atoms with E-state index in [0.717, 1.165) is 4.70 Å². The van der Waals surface area contributed by atoms with Crippen LogP contribution in [0.25, 0.3) is 10.2 Å². The minimum Gasteiger partial charge on any atom is -0.480 e. The van der Waals surface area contributed by atoms with Gasteiger partial charge < -0.3 is 9.67 Å². The number of benzene rings is 2. The van der Waals surface area contributed by atoms with Crippen molar-refractivity contribution < 1.29 is 14.7 Å². The predicted octanol–water partition coefficient (Wildman–Crippen LogP) is 4.40. The molecule has 0 aliphatic carbocycles. The van der Waals surface area contributed by atoms with Gasteiger partial charge in [-0.2, -0.15) is 4.99 Å². The average Bonchev–Trinajstić information content (AvgIpc) is 2.90. The maximum atomic E-state index is 12.4. The number of amides is 1. The van der Waals surface area contributed by atoms with Crippen LogP contribution in [0.3, 0.4) is 0 Å². The smallest absolute Gasteiger partial charge is 0.326 e. The first kappa shape index (κ1) is 17.7. The van der Waals surface area contributed by atoms with E-state index in [2.05, 4.69) is 4.99 Å². The maximum Gasteiger partial charge on any atom is 0.326 e. The molecule has 1 atom stereocenters. The Morgan fingerprint density at radius 2 is 1.88 bits per heavy atom. The Balaban J connectivity index is 2.22. The van der Waals surface area contributed by atoms with E-state index in [-0.39, 0.29) is 4.80 Å². The zero-order valence-electron chi connectivity index (χ0n) is 12.9. The van der Waals surface area contributed by atoms with Crippen molar-refractivity contribution in [3.05, 3.63) is 62.9 Å². The van der Waals surface area contributed by atoms with Crippen LogP contribution in [0.4, 0.5) is 0 Å². The van der Waals surface area contributed by atoms with Crippen molar-refractivity contribution in [2.75, 3.05) is 0 Å². The fraction of sp³-hybridized carbons (Fsp3) is 0.118. The number of hydrogen-bond donors (Lipinski definition) is 1. The molecule has 1 N–H and O–H groups in total. The molecule has 0 radical (unpaired) electrons. The molecule has 1 unspecified atom stereocenters. The lowest BCUT2D eigenvalue weighted by molar-refractivity contribution is -0.140. The summed E-state index contributed by atoms with van der Waals surface area (Å²) in [6.07, 6.45) is 0. The van der Waals surface area contributed by atoms with Crippen molar-refractivity contribution >= 4 is 56.6 Å². The molecule has 0 fully saturated rings. The molecule has 25 heavy (non-hydrogen) atoms. The number of aliphatic carboxylic acids is 1. The Hall–Kier alpha value is -2.15. The highest BCUT2D eigenvalue weighted by atomic mass is 35.5. The van der Waals surface area contributed by atoms with Crippen molar-refractivity contribution in [2.45, 2.75) is 13.0 Å². The van der Waals surface area contributed by atoms with E-state index in [9.17, 15) is 14.7 Å². The van der Waals surface area contributed by atoms with E-state index in [1.807, 2.05) is 0 Å². The van der Waals surface area contributed by atoms with E-state index in [1.165, 1.54) is 28.9 Å². The first-order chi connectivity index (χ1) is 11.9. The number of carbonyl (C=O) groups excluding carboxylic acids is 1. The minimum atomic E-state index is -1.02. The van der Waals surface area contributed by atoms with Crippen LogP contribution in [0.5, 0.6) is 0 Å². The Bertz CT molecular complexity index is 1060. The third-order valence-electron chi connectivity index (χ3n) is 3.60. The number of carbonyl (C=O) groups is 2. The van der Waals surface area contributed by atoms with E-state index < -0.39 is 17.9 Å². The number of fused-ring (bicyclic) bond motifs is 1. The van der Waals surface area contributed by atoms with Crippen molar-refractivity contribution in [1.82, 2.24) is 4.57 Å². The molecule has 0 aliphatic rings. The molecule has 1 amide bonds. The lowest BCUT2D eigenvalue weighted by Crippen LogP contribution is -2.25. The zero-order valence-corrected chi connectivity index (χ0v) is 15.3. The molecule has 3 aromatic rings. The van der Waals surface area contributed by atoms with Gasteiger partial charge >= 0.3 is 5.97 Å². The zero-order chi connectivity index (χ0) is 18.1. The van der Waals surface area contributed by atoms with E-state index >= 15 is 0 Å². The Labute approximate surface area is 156 Å². The van der Waals surface area contributed by atoms with Gasteiger partial charge in [-0.25, -0.2) is 4.79 Å². The lowest BCUT2D eigenvalue weighted by Gasteiger charge is -2.10. The van der Waals surface area contributed by atoms with Crippen LogP contribution in [0.2, 0.25) is 10.0 Å². The van der Waals surface area contributed by atoms with Crippen molar-refractivity contribution in [1.29, 1.82) is 0 Å². The van der Waals surface area contributed by atoms with Gasteiger partial charge in [0.2, 0.25) is 0 Å². The molecule has 5 nitrogen and oxygen atoms in total. The summed E-state index contributed by atoms with van der Waals surface area (Å²) in [5.41, 5.74) is 0.986. The van der Waals surface area contributed by atoms with Crippen molar-refractivity contribution in [3.8, 4) is 0 Å². The van der Waals surface area contributed by atoms with Gasteiger partial charge in [-0.3, -0.25) is 4.79 Å². The number of rotatable bonds is 3. The highest BCUT2D eigenvalue weighted by molar-refractivity contribution is 7.16. The number of aromatic nitrogens is 1. The van der Waals surface area contributed by atoms with Crippen LogP contribution in [0.15, 0.2) is 47.5 Å². The molecule has 128 valence electrons. The fourth-order valence-corrected chi connectivity index (χ4v) is 3.92. The fourth-order valence-electron chi connectivity index (χ4n) is 2.35. The van der Waals surface area contributed by atoms with Crippen molar-refractivity contribution in [3.63, 3.8) is 0 Å². The second-order valence-electron chi connectivity index (χ2n) is 5.31. The SMILES string of the molecule is CC(C(=O)O)n1c(=NC(=O)c2cccc(Cl)c2)sc2cc(Cl)ccc21. The first-order valence-corrected chi connectivity index (χ1v) is 8.82. The Morgan fingerprint density at radius 3 is 2.56 bits per heavy atom. The first-order valence-electron chi connectivity index (χ1n) is 7.25. The largest absolute Gasteiger partial charge is 0.480 e. The second kappa shape index (κ2) is 7.00. The van der Waals surface area contributed by atoms with Gasteiger partial charge in [-0.1, -0.05) is 40.6 Å². The van der Waals surface area contributed by atoms with Gasteiger partial charge in [0, 0.05) is 15.6 Å². The minimum absolute atomic E-state index is 0.289. The van der Waals surface area contributed by atoms with Gasteiger partial charge in [0.05, 0.1) is 10.2 Å². The van der Waals surface area contributed by atoms with Gasteiger partial charge in [0.1, 0.15) is 6.04 Å². The summed E-state index contributed by atoms with van der Waals surface area (Å²) in [4.78, 5) is 28.3. The third kappa shape index (κ3) is 3.61. The summed E-state index contributed by atoms with van der Waals surface area (Å²) >= 11 is 13.1. The monoisotopic (exact) mass is 394 g/mol. The van der Waals surface area contributed by atoms with Crippen molar-refractivity contribution in [2.24, 2.45) is 4.99 Å². The van der Waals surface area contributed by atoms with E-state index in [1.54, 1.807) is 36.4 Å². The van der Waals surface area contributed by atoms with Crippen LogP contribution in [-0.2, 0) is 4.79 Å². The third-order valence-corrected chi connectivity index (χ3v) is 5.09. The maximum absolute atomic E-state index is 12.4. The number of hydrogen-bond acceptors (Lipinski definition) is 3. The Morgan fingerprint density at radius 1 is 1.16 bits per heavy atom. The number of halogens is 2. The van der Waals surface area contributed by atoms with E-state index in [0.29, 0.717) is 21.1 Å². The summed E-state index contributed by atoms with van der Waals surface area (Å²) in [6.45, 7) is 1.53. The molecular formula is C17H12Cl2N2O3S. The van der Waals surface area contributed by atoms with Gasteiger partial charge in [-0.15, -0.1) is 0 Å². The molecule has 0 bridgehead atoms. The molecular weight excluding hydrogens is 383 g/mol. The molecule has 0 spiro atoms. The molecule has 8 heteroatoms. The van der Waals surface area contributed by atoms with E-state index in [4.69, 9.17) is 23.2 Å². The molecule has 3 rings (SSSR count). The van der Waals surface area contributed by atoms with Crippen LogP contribution in [0, 0.1) is 0 Å². The average molecular weight is 395 g/mol. The highest BCUT2D eigenvalue weighted by Crippen LogP contribution is 2.24. The van der Waals surface area contributed by atoms with Gasteiger partial charge in [-0.05, 0) is 43.3 Å². The topological polar surface area (TPSA) is 71.7 Å². The lowest BCUT2D eigenvalue weighted by atomic mass is 10.2. The summed E-state index contributed by atoms with van der Waals surface area (Å²) in [7, 11) is 0. The summed E-state index contributed by atoms with van der Waals surface area (Å²) in [6, 6.07) is 10.7. The summed E-state index contributed by atoms with van der Waals surface area (Å²) < 4.78 is 2.26. The number of nitrogens with zero attached hydrogens (tertiary/aromatic N) is 2. The second-order valence-corrected chi connectivity index (χ2v) is 7.19. The highest BCUT2D eigenvalue weighted by Gasteiger charge is 2.19. The van der Waals surface area contributed by atoms with Gasteiger partial charge in [0.15, 0.2) is 4.80 Å². The Kier molecular flexibility index (Phi) is 4.94. The normalized spacial score (nSPS) is 13.2. The van der Waals surface area contributed by atoms with Crippen LogP contribution in [0.1, 0.15) is 23.3 Å². The van der Waals surface area contributed by atoms with Gasteiger partial charge in [0.25, 0.3) is 5.91 Å². The molecule has 1 aromatic heterocycles. The standard InChI is InChI=1S/C17H12Cl2N2O3S/c1-9(16(23)24)21-13-6-5-12(19)8-14(13)25-17(21)20-15(22)10-3-2-4-11(18)7-10/h2-9H,1H3,(H,23,24). The number of carboxylic acid groups (broad SMARTS) is 1. The van der Waals surface area contributed by atoms with Crippen LogP contribution < -0.4 is 4.80 Å². The molecule has 0 saturated carbocycles. The predicted molar refractivity (Wildman–Crippen MR) is 98.5 cm³/mol. The molecule has 0 saturated heterocycles. The molecule has 0 aliphatic heterocycles. The quantitative estimate of drug-likeness (QED) is 0.715. The van der Waals surface area contributed by atoms with Crippen LogP contribution >= 0.6 is 34.5 Å².